The summed E-state index contributed by atoms with van der Waals surface area (Å²) in [6.45, 7) is 1.77. The van der Waals surface area contributed by atoms with Crippen molar-refractivity contribution in [1.29, 1.82) is 0 Å². The van der Waals surface area contributed by atoms with Crippen molar-refractivity contribution >= 4 is 0 Å². The molecule has 20 heavy (non-hydrogen) atoms. The lowest BCUT2D eigenvalue weighted by Gasteiger charge is -2.35. The van der Waals surface area contributed by atoms with E-state index >= 15 is 0 Å². The number of aliphatic hydroxyl groups excluding tert-OH is 1. The molecule has 1 heterocycles. The predicted octanol–water partition coefficient (Wildman–Crippen LogP) is 4.03. The maximum atomic E-state index is 9.93. The Labute approximate surface area is 124 Å². The minimum atomic E-state index is -0.0254. The van der Waals surface area contributed by atoms with E-state index in [0.717, 1.165) is 32.3 Å². The van der Waals surface area contributed by atoms with Gasteiger partial charge in [-0.05, 0) is 32.1 Å². The SMILES string of the molecule is OCC1(COC2CCCCO2)CCCCCCCCC1. The first-order valence-corrected chi connectivity index (χ1v) is 8.69. The number of hydrogen-bond acceptors (Lipinski definition) is 3. The highest BCUT2D eigenvalue weighted by Gasteiger charge is 2.31. The molecule has 2 aliphatic rings. The minimum absolute atomic E-state index is 0.0157. The van der Waals surface area contributed by atoms with Crippen LogP contribution in [-0.4, -0.2) is 31.2 Å². The lowest BCUT2D eigenvalue weighted by molar-refractivity contribution is -0.184. The summed E-state index contributed by atoms with van der Waals surface area (Å²) in [6.07, 6.45) is 14.7. The second kappa shape index (κ2) is 9.01. The van der Waals surface area contributed by atoms with Gasteiger partial charge in [0.1, 0.15) is 0 Å². The maximum Gasteiger partial charge on any atom is 0.157 e. The zero-order valence-electron chi connectivity index (χ0n) is 12.9. The molecule has 3 heteroatoms. The second-order valence-electron chi connectivity index (χ2n) is 6.74. The van der Waals surface area contributed by atoms with Crippen molar-refractivity contribution in [2.45, 2.75) is 83.3 Å². The topological polar surface area (TPSA) is 38.7 Å². The van der Waals surface area contributed by atoms with Crippen LogP contribution in [0.25, 0.3) is 0 Å². The predicted molar refractivity (Wildman–Crippen MR) is 80.6 cm³/mol. The summed E-state index contributed by atoms with van der Waals surface area (Å²) >= 11 is 0. The highest BCUT2D eigenvalue weighted by molar-refractivity contribution is 4.80. The monoisotopic (exact) mass is 284 g/mol. The molecule has 118 valence electrons. The van der Waals surface area contributed by atoms with Crippen molar-refractivity contribution in [2.75, 3.05) is 19.8 Å². The third kappa shape index (κ3) is 5.34. The molecule has 2 fully saturated rings. The number of ether oxygens (including phenoxy) is 2. The van der Waals surface area contributed by atoms with Gasteiger partial charge in [0.15, 0.2) is 6.29 Å². The van der Waals surface area contributed by atoms with Gasteiger partial charge in [0.05, 0.1) is 13.2 Å². The van der Waals surface area contributed by atoms with E-state index in [0.29, 0.717) is 6.61 Å². The van der Waals surface area contributed by atoms with E-state index in [1.54, 1.807) is 0 Å². The van der Waals surface area contributed by atoms with Crippen molar-refractivity contribution in [3.63, 3.8) is 0 Å². The van der Waals surface area contributed by atoms with Crippen molar-refractivity contribution in [3.05, 3.63) is 0 Å². The third-order valence-corrected chi connectivity index (χ3v) is 4.96. The Bertz CT molecular complexity index is 239. The second-order valence-corrected chi connectivity index (χ2v) is 6.74. The Morgan fingerprint density at radius 2 is 1.55 bits per heavy atom. The molecule has 0 spiro atoms. The Hall–Kier alpha value is -0.120. The van der Waals surface area contributed by atoms with Gasteiger partial charge in [0, 0.05) is 12.0 Å². The van der Waals surface area contributed by atoms with E-state index in [4.69, 9.17) is 9.47 Å². The number of rotatable bonds is 4. The van der Waals surface area contributed by atoms with E-state index in [2.05, 4.69) is 0 Å². The fourth-order valence-electron chi connectivity index (χ4n) is 3.47. The van der Waals surface area contributed by atoms with Gasteiger partial charge in [-0.2, -0.15) is 0 Å². The van der Waals surface area contributed by atoms with Crippen LogP contribution >= 0.6 is 0 Å². The van der Waals surface area contributed by atoms with Gasteiger partial charge in [-0.15, -0.1) is 0 Å². The van der Waals surface area contributed by atoms with Crippen molar-refractivity contribution < 1.29 is 14.6 Å². The lowest BCUT2D eigenvalue weighted by atomic mass is 9.78. The first-order valence-electron chi connectivity index (χ1n) is 8.69. The smallest absolute Gasteiger partial charge is 0.157 e. The molecule has 0 amide bonds. The zero-order chi connectivity index (χ0) is 14.1. The van der Waals surface area contributed by atoms with Crippen molar-refractivity contribution in [3.8, 4) is 0 Å². The summed E-state index contributed by atoms with van der Waals surface area (Å²) in [5, 5.41) is 9.93. The van der Waals surface area contributed by atoms with Crippen LogP contribution < -0.4 is 0 Å². The molecular formula is C17H32O3. The fraction of sp³-hybridized carbons (Fsp3) is 1.00. The fourth-order valence-corrected chi connectivity index (χ4v) is 3.47. The summed E-state index contributed by atoms with van der Waals surface area (Å²) in [5.41, 5.74) is -0.0157. The van der Waals surface area contributed by atoms with Crippen LogP contribution in [0.4, 0.5) is 0 Å². The molecule has 1 saturated carbocycles. The molecule has 0 radical (unpaired) electrons. The summed E-state index contributed by atoms with van der Waals surface area (Å²) in [6, 6.07) is 0. The zero-order valence-corrected chi connectivity index (χ0v) is 12.9. The molecule has 0 bridgehead atoms. The summed E-state index contributed by atoms with van der Waals surface area (Å²) in [4.78, 5) is 0. The number of aliphatic hydroxyl groups is 1. The highest BCUT2D eigenvalue weighted by atomic mass is 16.7. The van der Waals surface area contributed by atoms with E-state index in [1.165, 1.54) is 51.4 Å². The van der Waals surface area contributed by atoms with Crippen molar-refractivity contribution in [2.24, 2.45) is 5.41 Å². The largest absolute Gasteiger partial charge is 0.396 e. The molecule has 1 aliphatic carbocycles. The third-order valence-electron chi connectivity index (χ3n) is 4.96. The summed E-state index contributed by atoms with van der Waals surface area (Å²) in [5.74, 6) is 0. The van der Waals surface area contributed by atoms with Crippen LogP contribution in [-0.2, 0) is 9.47 Å². The van der Waals surface area contributed by atoms with Crippen LogP contribution in [0.3, 0.4) is 0 Å². The molecule has 1 unspecified atom stereocenters. The van der Waals surface area contributed by atoms with Gasteiger partial charge in [0.25, 0.3) is 0 Å². The van der Waals surface area contributed by atoms with Crippen LogP contribution in [0.2, 0.25) is 0 Å². The first kappa shape index (κ1) is 16.3. The van der Waals surface area contributed by atoms with Gasteiger partial charge in [-0.1, -0.05) is 44.9 Å². The molecule has 0 aromatic heterocycles. The standard InChI is InChI=1S/C17H32O3/c18-14-17(15-20-16-10-6-9-13-19-16)11-7-4-2-1-3-5-8-12-17/h16,18H,1-15H2. The van der Waals surface area contributed by atoms with Crippen molar-refractivity contribution in [1.82, 2.24) is 0 Å². The van der Waals surface area contributed by atoms with Crippen LogP contribution in [0.15, 0.2) is 0 Å². The molecule has 1 saturated heterocycles. The van der Waals surface area contributed by atoms with E-state index in [9.17, 15) is 5.11 Å². The molecule has 2 rings (SSSR count). The van der Waals surface area contributed by atoms with E-state index < -0.39 is 0 Å². The highest BCUT2D eigenvalue weighted by Crippen LogP contribution is 2.34. The van der Waals surface area contributed by atoms with E-state index in [1.807, 2.05) is 0 Å². The molecule has 1 atom stereocenters. The van der Waals surface area contributed by atoms with Gasteiger partial charge < -0.3 is 14.6 Å². The maximum absolute atomic E-state index is 9.93. The van der Waals surface area contributed by atoms with Crippen LogP contribution in [0, 0.1) is 5.41 Å². The van der Waals surface area contributed by atoms with Crippen LogP contribution in [0.1, 0.15) is 77.0 Å². The van der Waals surface area contributed by atoms with Gasteiger partial charge >= 0.3 is 0 Å². The number of hydrogen-bond donors (Lipinski definition) is 1. The van der Waals surface area contributed by atoms with Gasteiger partial charge in [-0.25, -0.2) is 0 Å². The molecule has 0 aromatic carbocycles. The molecule has 3 nitrogen and oxygen atoms in total. The lowest BCUT2D eigenvalue weighted by Crippen LogP contribution is -2.35. The Kier molecular flexibility index (Phi) is 7.32. The normalized spacial score (nSPS) is 28.9. The average Bonchev–Trinajstić information content (AvgIpc) is 2.52. The molecule has 1 aliphatic heterocycles. The molecule has 1 N–H and O–H groups in total. The Morgan fingerprint density at radius 3 is 2.10 bits per heavy atom. The first-order chi connectivity index (χ1) is 9.85. The Balaban J connectivity index is 1.82. The van der Waals surface area contributed by atoms with Crippen LogP contribution in [0.5, 0.6) is 0 Å². The van der Waals surface area contributed by atoms with Gasteiger partial charge in [-0.3, -0.25) is 0 Å². The summed E-state index contributed by atoms with van der Waals surface area (Å²) < 4.78 is 11.7. The average molecular weight is 284 g/mol. The molecule has 0 aromatic rings. The quantitative estimate of drug-likeness (QED) is 0.847. The minimum Gasteiger partial charge on any atom is -0.396 e. The van der Waals surface area contributed by atoms with Gasteiger partial charge in [0.2, 0.25) is 0 Å². The molecular weight excluding hydrogens is 252 g/mol. The Morgan fingerprint density at radius 1 is 0.900 bits per heavy atom. The summed E-state index contributed by atoms with van der Waals surface area (Å²) in [7, 11) is 0. The van der Waals surface area contributed by atoms with E-state index in [-0.39, 0.29) is 18.3 Å².